The van der Waals surface area contributed by atoms with Crippen LogP contribution in [0.25, 0.3) is 5.76 Å². The van der Waals surface area contributed by atoms with Crippen molar-refractivity contribution < 1.29 is 22.0 Å². The molecule has 182 valence electrons. The highest BCUT2D eigenvalue weighted by Crippen LogP contribution is 2.41. The number of rotatable bonds is 4. The summed E-state index contributed by atoms with van der Waals surface area (Å²) in [6.07, 6.45) is 0. The van der Waals surface area contributed by atoms with Gasteiger partial charge in [-0.3, -0.25) is 4.79 Å². The zero-order valence-corrected chi connectivity index (χ0v) is 21.2. The maximum absolute atomic E-state index is 13.8. The first kappa shape index (κ1) is 25.2. The van der Waals surface area contributed by atoms with Gasteiger partial charge in [0.15, 0.2) is 12.9 Å². The fourth-order valence-corrected chi connectivity index (χ4v) is 7.23. The zero-order chi connectivity index (χ0) is 25.6. The van der Waals surface area contributed by atoms with Crippen molar-refractivity contribution >= 4 is 45.0 Å². The molecule has 4 aromatic rings. The Balaban J connectivity index is 0.000000174. The van der Waals surface area contributed by atoms with E-state index in [-0.39, 0.29) is 11.3 Å². The van der Waals surface area contributed by atoms with Crippen LogP contribution in [0, 0.1) is 0 Å². The van der Waals surface area contributed by atoms with E-state index in [1.54, 1.807) is 35.1 Å². The Morgan fingerprint density at radius 2 is 1.00 bits per heavy atom. The van der Waals surface area contributed by atoms with E-state index in [1.807, 2.05) is 91.0 Å². The van der Waals surface area contributed by atoms with Gasteiger partial charge in [-0.2, -0.15) is 8.42 Å². The number of hydrogen-bond acceptors (Lipinski definition) is 5. The zero-order valence-electron chi connectivity index (χ0n) is 19.4. The fraction of sp³-hybridized carbons (Fsp3) is 0.0357. The lowest BCUT2D eigenvalue weighted by molar-refractivity contribution is -0.116. The minimum atomic E-state index is -4.02. The van der Waals surface area contributed by atoms with Gasteiger partial charge in [-0.1, -0.05) is 121 Å². The van der Waals surface area contributed by atoms with Crippen LogP contribution in [-0.2, 0) is 23.8 Å². The molecule has 1 heterocycles. The highest BCUT2D eigenvalue weighted by molar-refractivity contribution is 7.85. The van der Waals surface area contributed by atoms with Gasteiger partial charge >= 0.3 is 10.3 Å². The predicted octanol–water partition coefficient (Wildman–Crippen LogP) is 4.13. The summed E-state index contributed by atoms with van der Waals surface area (Å²) in [6, 6.07) is 37.8. The van der Waals surface area contributed by atoms with Crippen LogP contribution in [0.2, 0.25) is 0 Å². The molecular weight excluding hydrogens is 493 g/mol. The molecule has 0 saturated heterocycles. The van der Waals surface area contributed by atoms with Crippen LogP contribution >= 0.6 is 7.14 Å². The maximum Gasteiger partial charge on any atom is 0.410 e. The summed E-state index contributed by atoms with van der Waals surface area (Å²) >= 11 is 0. The fourth-order valence-electron chi connectivity index (χ4n) is 3.70. The molecule has 0 radical (unpaired) electrons. The monoisotopic (exact) mass is 517 g/mol. The molecule has 0 unspecified atom stereocenters. The molecule has 0 spiro atoms. The predicted molar refractivity (Wildman–Crippen MR) is 143 cm³/mol. The largest absolute Gasteiger partial charge is 0.410 e. The summed E-state index contributed by atoms with van der Waals surface area (Å²) < 4.78 is 42.7. The Labute approximate surface area is 210 Å². The lowest BCUT2D eigenvalue weighted by Crippen LogP contribution is -2.36. The molecule has 1 aliphatic heterocycles. The van der Waals surface area contributed by atoms with E-state index < -0.39 is 23.4 Å². The molecule has 4 aromatic carbocycles. The first-order valence-electron chi connectivity index (χ1n) is 11.1. The third-order valence-electron chi connectivity index (χ3n) is 5.49. The van der Waals surface area contributed by atoms with Crippen LogP contribution in [0.5, 0.6) is 0 Å². The van der Waals surface area contributed by atoms with Crippen molar-refractivity contribution in [1.82, 2.24) is 4.72 Å². The van der Waals surface area contributed by atoms with Gasteiger partial charge in [0.05, 0.1) is 5.57 Å². The van der Waals surface area contributed by atoms with Crippen molar-refractivity contribution in [1.29, 1.82) is 0 Å². The summed E-state index contributed by atoms with van der Waals surface area (Å²) in [7, 11) is -6.80. The Morgan fingerprint density at radius 1 is 0.639 bits per heavy atom. The molecule has 0 aromatic heterocycles. The standard InChI is InChI=1S/C18H15OP.C10H9NO4S/c19-20(16-10-4-1-5-11-16,17-12-6-2-7-13-17)18-14-8-3-9-15-18;1-7-9(8-5-3-2-4-6-8)15-16(13,14)11-10(7)12/h1-15H;2-6H,1H3,(H,11,12). The topological polar surface area (TPSA) is 89.5 Å². The van der Waals surface area contributed by atoms with Crippen LogP contribution in [-0.4, -0.2) is 14.3 Å². The van der Waals surface area contributed by atoms with E-state index in [1.165, 1.54) is 6.92 Å². The third-order valence-corrected chi connectivity index (χ3v) is 9.38. The number of carbonyl (C=O) groups is 1. The molecule has 1 amide bonds. The Bertz CT molecular complexity index is 1420. The lowest BCUT2D eigenvalue weighted by Gasteiger charge is -2.19. The van der Waals surface area contributed by atoms with Crippen LogP contribution < -0.4 is 20.6 Å². The van der Waals surface area contributed by atoms with Gasteiger partial charge in [0, 0.05) is 21.5 Å². The van der Waals surface area contributed by atoms with Gasteiger partial charge in [0.2, 0.25) is 0 Å². The normalized spacial score (nSPS) is 14.6. The number of nitrogens with one attached hydrogen (secondary N) is 1. The third kappa shape index (κ3) is 5.48. The molecule has 0 aliphatic carbocycles. The summed E-state index contributed by atoms with van der Waals surface area (Å²) in [5.41, 5.74) is 0.791. The van der Waals surface area contributed by atoms with E-state index in [0.717, 1.165) is 15.9 Å². The highest BCUT2D eigenvalue weighted by atomic mass is 32.2. The summed E-state index contributed by atoms with van der Waals surface area (Å²) in [6.45, 7) is 1.51. The SMILES string of the molecule is CC1=C(c2ccccc2)OS(=O)(=O)NC1=O.O=P(c1ccccc1)(c1ccccc1)c1ccccc1. The molecule has 5 rings (SSSR count). The van der Waals surface area contributed by atoms with Gasteiger partial charge in [-0.15, -0.1) is 0 Å². The van der Waals surface area contributed by atoms with Gasteiger partial charge in [-0.25, -0.2) is 4.72 Å². The molecule has 0 atom stereocenters. The van der Waals surface area contributed by atoms with Crippen LogP contribution in [0.4, 0.5) is 0 Å². The van der Waals surface area contributed by atoms with Crippen molar-refractivity contribution in [2.45, 2.75) is 6.92 Å². The highest BCUT2D eigenvalue weighted by Gasteiger charge is 2.30. The van der Waals surface area contributed by atoms with Crippen molar-refractivity contribution in [3.63, 3.8) is 0 Å². The molecule has 0 bridgehead atoms. The summed E-state index contributed by atoms with van der Waals surface area (Å²) in [5, 5.41) is 2.62. The van der Waals surface area contributed by atoms with Gasteiger partial charge in [-0.05, 0) is 6.92 Å². The second-order valence-electron chi connectivity index (χ2n) is 7.90. The molecule has 36 heavy (non-hydrogen) atoms. The Morgan fingerprint density at radius 3 is 1.39 bits per heavy atom. The first-order valence-corrected chi connectivity index (χ1v) is 14.2. The molecule has 8 heteroatoms. The van der Waals surface area contributed by atoms with E-state index in [9.17, 15) is 17.8 Å². The van der Waals surface area contributed by atoms with E-state index in [0.29, 0.717) is 5.56 Å². The van der Waals surface area contributed by atoms with Gasteiger partial charge in [0.1, 0.15) is 0 Å². The number of amides is 1. The van der Waals surface area contributed by atoms with Crippen molar-refractivity contribution in [3.05, 3.63) is 132 Å². The number of hydrogen-bond donors (Lipinski definition) is 1. The number of carbonyl (C=O) groups excluding carboxylic acids is 1. The van der Waals surface area contributed by atoms with Crippen molar-refractivity contribution in [3.8, 4) is 0 Å². The average Bonchev–Trinajstić information content (AvgIpc) is 2.92. The van der Waals surface area contributed by atoms with Crippen LogP contribution in [0.3, 0.4) is 0 Å². The van der Waals surface area contributed by atoms with Gasteiger partial charge < -0.3 is 8.75 Å². The van der Waals surface area contributed by atoms with E-state index in [2.05, 4.69) is 0 Å². The molecule has 0 saturated carbocycles. The molecule has 1 aliphatic rings. The lowest BCUT2D eigenvalue weighted by atomic mass is 10.1. The van der Waals surface area contributed by atoms with Crippen molar-refractivity contribution in [2.75, 3.05) is 0 Å². The summed E-state index contributed by atoms with van der Waals surface area (Å²) in [5.74, 6) is -0.588. The summed E-state index contributed by atoms with van der Waals surface area (Å²) in [4.78, 5) is 11.4. The van der Waals surface area contributed by atoms with E-state index in [4.69, 9.17) is 4.18 Å². The molecular formula is C28H24NO5PS. The van der Waals surface area contributed by atoms with E-state index >= 15 is 0 Å². The Hall–Kier alpha value is -3.93. The number of benzene rings is 4. The van der Waals surface area contributed by atoms with Crippen molar-refractivity contribution in [2.24, 2.45) is 0 Å². The molecule has 0 fully saturated rings. The first-order chi connectivity index (χ1) is 17.3. The minimum Gasteiger partial charge on any atom is -0.366 e. The van der Waals surface area contributed by atoms with Crippen LogP contribution in [0.1, 0.15) is 12.5 Å². The average molecular weight is 518 g/mol. The van der Waals surface area contributed by atoms with Crippen LogP contribution in [0.15, 0.2) is 127 Å². The quantitative estimate of drug-likeness (QED) is 0.411. The minimum absolute atomic E-state index is 0.0735. The maximum atomic E-state index is 13.8. The second kappa shape index (κ2) is 10.8. The second-order valence-corrected chi connectivity index (χ2v) is 12.0. The smallest absolute Gasteiger partial charge is 0.366 e. The molecule has 1 N–H and O–H groups in total. The van der Waals surface area contributed by atoms with Gasteiger partial charge in [0.25, 0.3) is 5.91 Å². The Kier molecular flexibility index (Phi) is 7.53. The molecule has 6 nitrogen and oxygen atoms in total.